The van der Waals surface area contributed by atoms with Gasteiger partial charge >= 0.3 is 0 Å². The third kappa shape index (κ3) is 3.43. The summed E-state index contributed by atoms with van der Waals surface area (Å²) in [5.74, 6) is 0.685. The van der Waals surface area contributed by atoms with Crippen molar-refractivity contribution < 1.29 is 0 Å². The molecular formula is C14H31N3. The first-order valence-electron chi connectivity index (χ1n) is 7.04. The smallest absolute Gasteiger partial charge is 0.0344 e. The Hall–Kier alpha value is -0.120. The molecule has 1 heterocycles. The van der Waals surface area contributed by atoms with Crippen molar-refractivity contribution in [1.82, 2.24) is 9.80 Å². The number of nitrogens with two attached hydrogens (primary N) is 1. The molecule has 1 aliphatic rings. The summed E-state index contributed by atoms with van der Waals surface area (Å²) < 4.78 is 0. The van der Waals surface area contributed by atoms with Gasteiger partial charge in [0.1, 0.15) is 0 Å². The van der Waals surface area contributed by atoms with Crippen molar-refractivity contribution in [3.05, 3.63) is 0 Å². The van der Waals surface area contributed by atoms with E-state index in [9.17, 15) is 0 Å². The molecule has 1 fully saturated rings. The van der Waals surface area contributed by atoms with Gasteiger partial charge in [-0.1, -0.05) is 13.8 Å². The fourth-order valence-corrected chi connectivity index (χ4v) is 2.89. The van der Waals surface area contributed by atoms with Gasteiger partial charge in [-0.3, -0.25) is 4.90 Å². The van der Waals surface area contributed by atoms with E-state index in [1.807, 2.05) is 0 Å². The summed E-state index contributed by atoms with van der Waals surface area (Å²) in [7, 11) is 4.49. The van der Waals surface area contributed by atoms with Crippen molar-refractivity contribution in [3.63, 3.8) is 0 Å². The molecule has 0 bridgehead atoms. The predicted molar refractivity (Wildman–Crippen MR) is 75.2 cm³/mol. The summed E-state index contributed by atoms with van der Waals surface area (Å²) in [5, 5.41) is 0. The van der Waals surface area contributed by atoms with Crippen LogP contribution in [0.5, 0.6) is 0 Å². The first kappa shape index (κ1) is 14.9. The quantitative estimate of drug-likeness (QED) is 0.814. The Morgan fingerprint density at radius 3 is 2.41 bits per heavy atom. The first-order chi connectivity index (χ1) is 7.93. The summed E-state index contributed by atoms with van der Waals surface area (Å²) in [6, 6.07) is 0.599. The van der Waals surface area contributed by atoms with Crippen LogP contribution in [0.15, 0.2) is 0 Å². The third-order valence-electron chi connectivity index (χ3n) is 4.84. The molecule has 0 aromatic rings. The highest BCUT2D eigenvalue weighted by Crippen LogP contribution is 2.30. The molecule has 2 N–H and O–H groups in total. The van der Waals surface area contributed by atoms with Gasteiger partial charge in [0.2, 0.25) is 0 Å². The molecule has 0 aromatic carbocycles. The zero-order chi connectivity index (χ0) is 13.1. The highest BCUT2D eigenvalue weighted by atomic mass is 15.2. The lowest BCUT2D eigenvalue weighted by molar-refractivity contribution is 0.0507. The number of rotatable bonds is 4. The number of hydrogen-bond acceptors (Lipinski definition) is 3. The van der Waals surface area contributed by atoms with Crippen LogP contribution in [0.2, 0.25) is 0 Å². The summed E-state index contributed by atoms with van der Waals surface area (Å²) in [6.07, 6.45) is 3.71. The van der Waals surface area contributed by atoms with Gasteiger partial charge in [0.25, 0.3) is 0 Å². The summed E-state index contributed by atoms with van der Waals surface area (Å²) in [4.78, 5) is 4.99. The molecule has 0 aliphatic carbocycles. The van der Waals surface area contributed by atoms with Crippen molar-refractivity contribution in [2.75, 3.05) is 33.7 Å². The van der Waals surface area contributed by atoms with Crippen molar-refractivity contribution in [2.45, 2.75) is 51.6 Å². The third-order valence-corrected chi connectivity index (χ3v) is 4.84. The lowest BCUT2D eigenvalue weighted by Crippen LogP contribution is -2.56. The molecule has 0 saturated carbocycles. The van der Waals surface area contributed by atoms with E-state index in [0.29, 0.717) is 12.0 Å². The molecule has 3 heteroatoms. The molecule has 0 spiro atoms. The zero-order valence-electron chi connectivity index (χ0n) is 12.4. The lowest BCUT2D eigenvalue weighted by atomic mass is 9.86. The molecule has 2 unspecified atom stereocenters. The van der Waals surface area contributed by atoms with E-state index in [1.165, 1.54) is 32.4 Å². The highest BCUT2D eigenvalue weighted by Gasteiger charge is 2.37. The van der Waals surface area contributed by atoms with Crippen LogP contribution in [0, 0.1) is 5.92 Å². The van der Waals surface area contributed by atoms with E-state index in [2.05, 4.69) is 44.7 Å². The molecular weight excluding hydrogens is 210 g/mol. The van der Waals surface area contributed by atoms with Crippen LogP contribution in [0.25, 0.3) is 0 Å². The maximum atomic E-state index is 6.13. The van der Waals surface area contributed by atoms with Crippen molar-refractivity contribution >= 4 is 0 Å². The Balaban J connectivity index is 2.79. The van der Waals surface area contributed by atoms with Gasteiger partial charge in [0.05, 0.1) is 0 Å². The minimum atomic E-state index is 0.217. The van der Waals surface area contributed by atoms with E-state index >= 15 is 0 Å². The number of likely N-dealkylation sites (N-methyl/N-ethyl adjacent to an activating group) is 1. The fraction of sp³-hybridized carbons (Fsp3) is 1.00. The SMILES string of the molecule is CC(C)C(C)N(C)C1(CN)CCCN(C)CC1. The van der Waals surface area contributed by atoms with E-state index in [1.54, 1.807) is 0 Å². The van der Waals surface area contributed by atoms with Gasteiger partial charge in [-0.05, 0) is 59.3 Å². The fourth-order valence-electron chi connectivity index (χ4n) is 2.89. The molecule has 102 valence electrons. The van der Waals surface area contributed by atoms with E-state index in [0.717, 1.165) is 6.54 Å². The standard InChI is InChI=1S/C14H31N3/c1-12(2)13(3)17(5)14(11-15)7-6-9-16(4)10-8-14/h12-13H,6-11,15H2,1-5H3. The maximum Gasteiger partial charge on any atom is 0.0344 e. The summed E-state index contributed by atoms with van der Waals surface area (Å²) in [6.45, 7) is 10.1. The number of nitrogens with zero attached hydrogens (tertiary/aromatic N) is 2. The van der Waals surface area contributed by atoms with Crippen molar-refractivity contribution in [2.24, 2.45) is 11.7 Å². The average molecular weight is 241 g/mol. The Kier molecular flexibility index (Phi) is 5.42. The molecule has 17 heavy (non-hydrogen) atoms. The minimum absolute atomic E-state index is 0.217. The molecule has 0 amide bonds. The van der Waals surface area contributed by atoms with Crippen LogP contribution in [0.3, 0.4) is 0 Å². The van der Waals surface area contributed by atoms with Gasteiger partial charge in [0.15, 0.2) is 0 Å². The second kappa shape index (κ2) is 6.17. The van der Waals surface area contributed by atoms with Gasteiger partial charge < -0.3 is 10.6 Å². The Morgan fingerprint density at radius 1 is 1.24 bits per heavy atom. The number of likely N-dealkylation sites (tertiary alicyclic amines) is 1. The van der Waals surface area contributed by atoms with Crippen LogP contribution in [-0.4, -0.2) is 55.1 Å². The molecule has 2 atom stereocenters. The van der Waals surface area contributed by atoms with Crippen LogP contribution >= 0.6 is 0 Å². The normalized spacial score (nSPS) is 29.6. The van der Waals surface area contributed by atoms with E-state index < -0.39 is 0 Å². The van der Waals surface area contributed by atoms with Gasteiger partial charge in [-0.25, -0.2) is 0 Å². The highest BCUT2D eigenvalue weighted by molar-refractivity contribution is 4.95. The molecule has 1 aliphatic heterocycles. The lowest BCUT2D eigenvalue weighted by Gasteiger charge is -2.45. The Labute approximate surface area is 107 Å². The Morgan fingerprint density at radius 2 is 1.88 bits per heavy atom. The molecule has 3 nitrogen and oxygen atoms in total. The second-order valence-electron chi connectivity index (χ2n) is 6.18. The van der Waals surface area contributed by atoms with Crippen LogP contribution < -0.4 is 5.73 Å². The Bertz CT molecular complexity index is 230. The molecule has 1 saturated heterocycles. The van der Waals surface area contributed by atoms with Gasteiger partial charge in [-0.15, -0.1) is 0 Å². The average Bonchev–Trinajstić information content (AvgIpc) is 2.50. The minimum Gasteiger partial charge on any atom is -0.329 e. The molecule has 0 aromatic heterocycles. The molecule has 0 radical (unpaired) electrons. The predicted octanol–water partition coefficient (Wildman–Crippen LogP) is 1.78. The van der Waals surface area contributed by atoms with Crippen LogP contribution in [0.1, 0.15) is 40.0 Å². The van der Waals surface area contributed by atoms with E-state index in [-0.39, 0.29) is 5.54 Å². The van der Waals surface area contributed by atoms with Gasteiger partial charge in [0, 0.05) is 18.1 Å². The van der Waals surface area contributed by atoms with Crippen LogP contribution in [0.4, 0.5) is 0 Å². The first-order valence-corrected chi connectivity index (χ1v) is 7.04. The van der Waals surface area contributed by atoms with Gasteiger partial charge in [-0.2, -0.15) is 0 Å². The van der Waals surface area contributed by atoms with E-state index in [4.69, 9.17) is 5.73 Å². The van der Waals surface area contributed by atoms with Crippen LogP contribution in [-0.2, 0) is 0 Å². The summed E-state index contributed by atoms with van der Waals surface area (Å²) >= 11 is 0. The molecule has 1 rings (SSSR count). The second-order valence-corrected chi connectivity index (χ2v) is 6.18. The topological polar surface area (TPSA) is 32.5 Å². The largest absolute Gasteiger partial charge is 0.329 e. The summed E-state index contributed by atoms with van der Waals surface area (Å²) in [5.41, 5.74) is 6.35. The van der Waals surface area contributed by atoms with Crippen molar-refractivity contribution in [3.8, 4) is 0 Å². The zero-order valence-corrected chi connectivity index (χ0v) is 12.4. The maximum absolute atomic E-state index is 6.13. The van der Waals surface area contributed by atoms with Crippen molar-refractivity contribution in [1.29, 1.82) is 0 Å². The monoisotopic (exact) mass is 241 g/mol. The number of hydrogen-bond donors (Lipinski definition) is 1.